The van der Waals surface area contributed by atoms with E-state index in [0.29, 0.717) is 12.0 Å². The molecule has 1 heterocycles. The highest BCUT2D eigenvalue weighted by molar-refractivity contribution is 5.71. The maximum atomic E-state index is 10.9. The molecule has 3 atom stereocenters. The Kier molecular flexibility index (Phi) is 1.83. The zero-order chi connectivity index (χ0) is 8.72. The van der Waals surface area contributed by atoms with Crippen LogP contribution in [0.15, 0.2) is 0 Å². The molecule has 1 N–H and O–H groups in total. The highest BCUT2D eigenvalue weighted by atomic mass is 16.4. The highest BCUT2D eigenvalue weighted by Gasteiger charge is 2.45. The fourth-order valence-corrected chi connectivity index (χ4v) is 2.83. The van der Waals surface area contributed by atoms with E-state index in [1.807, 2.05) is 7.05 Å². The Hall–Kier alpha value is -0.570. The smallest absolute Gasteiger partial charge is 0.308 e. The van der Waals surface area contributed by atoms with Crippen LogP contribution in [0, 0.1) is 11.8 Å². The van der Waals surface area contributed by atoms with Crippen LogP contribution in [0.2, 0.25) is 0 Å². The molecule has 2 fully saturated rings. The number of hydrogen-bond acceptors (Lipinski definition) is 2. The van der Waals surface area contributed by atoms with E-state index >= 15 is 0 Å². The van der Waals surface area contributed by atoms with Gasteiger partial charge in [0, 0.05) is 12.6 Å². The van der Waals surface area contributed by atoms with E-state index in [1.165, 1.54) is 12.8 Å². The lowest BCUT2D eigenvalue weighted by atomic mass is 9.93. The maximum absolute atomic E-state index is 10.9. The van der Waals surface area contributed by atoms with Crippen LogP contribution < -0.4 is 0 Å². The van der Waals surface area contributed by atoms with Crippen LogP contribution in [0.25, 0.3) is 0 Å². The number of carboxylic acid groups (broad SMARTS) is 1. The number of carbonyl (C=O) groups is 1. The van der Waals surface area contributed by atoms with E-state index in [2.05, 4.69) is 4.90 Å². The fourth-order valence-electron chi connectivity index (χ4n) is 2.83. The van der Waals surface area contributed by atoms with Crippen molar-refractivity contribution in [3.8, 4) is 0 Å². The van der Waals surface area contributed by atoms with Gasteiger partial charge in [-0.2, -0.15) is 0 Å². The SMILES string of the molecule is CN1CC(C(=O)O)C2CCCC21. The van der Waals surface area contributed by atoms with E-state index in [0.717, 1.165) is 13.0 Å². The molecule has 1 saturated carbocycles. The van der Waals surface area contributed by atoms with Gasteiger partial charge >= 0.3 is 5.97 Å². The summed E-state index contributed by atoms with van der Waals surface area (Å²) < 4.78 is 0. The van der Waals surface area contributed by atoms with Gasteiger partial charge in [0.05, 0.1) is 5.92 Å². The summed E-state index contributed by atoms with van der Waals surface area (Å²) in [6, 6.07) is 0.561. The van der Waals surface area contributed by atoms with Crippen LogP contribution in [-0.4, -0.2) is 35.6 Å². The molecule has 1 aliphatic heterocycles. The molecule has 1 saturated heterocycles. The predicted molar refractivity (Wildman–Crippen MR) is 44.9 cm³/mol. The predicted octanol–water partition coefficient (Wildman–Crippen LogP) is 0.801. The molecule has 3 unspecified atom stereocenters. The van der Waals surface area contributed by atoms with Crippen LogP contribution in [0.1, 0.15) is 19.3 Å². The number of nitrogens with zero attached hydrogens (tertiary/aromatic N) is 1. The molecule has 3 heteroatoms. The summed E-state index contributed by atoms with van der Waals surface area (Å²) >= 11 is 0. The fraction of sp³-hybridized carbons (Fsp3) is 0.889. The van der Waals surface area contributed by atoms with E-state index in [-0.39, 0.29) is 5.92 Å². The number of likely N-dealkylation sites (tertiary alicyclic amines) is 1. The van der Waals surface area contributed by atoms with Gasteiger partial charge in [0.2, 0.25) is 0 Å². The van der Waals surface area contributed by atoms with Crippen molar-refractivity contribution in [2.75, 3.05) is 13.6 Å². The number of hydrogen-bond donors (Lipinski definition) is 1. The van der Waals surface area contributed by atoms with Crippen molar-refractivity contribution in [1.29, 1.82) is 0 Å². The Morgan fingerprint density at radius 3 is 2.92 bits per heavy atom. The number of aliphatic carboxylic acids is 1. The molecule has 68 valence electrons. The van der Waals surface area contributed by atoms with Gasteiger partial charge in [0.15, 0.2) is 0 Å². The topological polar surface area (TPSA) is 40.5 Å². The first-order valence-corrected chi connectivity index (χ1v) is 4.63. The molecule has 0 spiro atoms. The van der Waals surface area contributed by atoms with Crippen LogP contribution in [0.3, 0.4) is 0 Å². The van der Waals surface area contributed by atoms with Crippen molar-refractivity contribution >= 4 is 5.97 Å². The van der Waals surface area contributed by atoms with Gasteiger partial charge in [-0.15, -0.1) is 0 Å². The van der Waals surface area contributed by atoms with E-state index in [9.17, 15) is 4.79 Å². The Labute approximate surface area is 72.4 Å². The van der Waals surface area contributed by atoms with Crippen LogP contribution in [-0.2, 0) is 4.79 Å². The Bertz CT molecular complexity index is 205. The number of fused-ring (bicyclic) bond motifs is 1. The van der Waals surface area contributed by atoms with Crippen molar-refractivity contribution in [2.24, 2.45) is 11.8 Å². The van der Waals surface area contributed by atoms with Gasteiger partial charge in [-0.25, -0.2) is 0 Å². The first-order chi connectivity index (χ1) is 5.70. The maximum Gasteiger partial charge on any atom is 0.308 e. The molecule has 12 heavy (non-hydrogen) atoms. The third-order valence-electron chi connectivity index (χ3n) is 3.42. The van der Waals surface area contributed by atoms with Gasteiger partial charge in [0.25, 0.3) is 0 Å². The Morgan fingerprint density at radius 1 is 1.50 bits per heavy atom. The zero-order valence-corrected chi connectivity index (χ0v) is 7.36. The summed E-state index contributed by atoms with van der Waals surface area (Å²) in [4.78, 5) is 13.1. The van der Waals surface area contributed by atoms with Crippen molar-refractivity contribution in [3.63, 3.8) is 0 Å². The molecule has 0 aromatic carbocycles. The molecule has 0 amide bonds. The quantitative estimate of drug-likeness (QED) is 0.631. The van der Waals surface area contributed by atoms with Gasteiger partial charge in [-0.05, 0) is 25.8 Å². The van der Waals surface area contributed by atoms with E-state index < -0.39 is 5.97 Å². The van der Waals surface area contributed by atoms with Crippen LogP contribution >= 0.6 is 0 Å². The minimum absolute atomic E-state index is 0.0949. The molecule has 0 bridgehead atoms. The Morgan fingerprint density at radius 2 is 2.25 bits per heavy atom. The lowest BCUT2D eigenvalue weighted by molar-refractivity contribution is -0.142. The van der Waals surface area contributed by atoms with Crippen molar-refractivity contribution in [2.45, 2.75) is 25.3 Å². The van der Waals surface area contributed by atoms with Gasteiger partial charge in [0.1, 0.15) is 0 Å². The first kappa shape index (κ1) is 8.05. The molecule has 2 rings (SSSR count). The molecule has 3 nitrogen and oxygen atoms in total. The zero-order valence-electron chi connectivity index (χ0n) is 7.36. The summed E-state index contributed by atoms with van der Waals surface area (Å²) in [5, 5.41) is 8.95. The monoisotopic (exact) mass is 169 g/mol. The number of carboxylic acids is 1. The summed E-state index contributed by atoms with van der Waals surface area (Å²) in [5.74, 6) is -0.258. The van der Waals surface area contributed by atoms with Crippen molar-refractivity contribution in [1.82, 2.24) is 4.90 Å². The third-order valence-corrected chi connectivity index (χ3v) is 3.42. The average Bonchev–Trinajstić information content (AvgIpc) is 2.53. The summed E-state index contributed by atoms with van der Waals surface area (Å²) in [6.45, 7) is 0.755. The second-order valence-corrected chi connectivity index (χ2v) is 4.05. The second-order valence-electron chi connectivity index (χ2n) is 4.05. The average molecular weight is 169 g/mol. The summed E-state index contributed by atoms with van der Waals surface area (Å²) in [7, 11) is 2.05. The first-order valence-electron chi connectivity index (χ1n) is 4.63. The largest absolute Gasteiger partial charge is 0.481 e. The Balaban J connectivity index is 2.14. The lowest BCUT2D eigenvalue weighted by Crippen LogP contribution is -2.25. The minimum Gasteiger partial charge on any atom is -0.481 e. The molecule has 1 aliphatic carbocycles. The molecular weight excluding hydrogens is 154 g/mol. The van der Waals surface area contributed by atoms with Crippen molar-refractivity contribution in [3.05, 3.63) is 0 Å². The van der Waals surface area contributed by atoms with Gasteiger partial charge in [-0.3, -0.25) is 4.79 Å². The molecule has 2 aliphatic rings. The van der Waals surface area contributed by atoms with Crippen LogP contribution in [0.4, 0.5) is 0 Å². The summed E-state index contributed by atoms with van der Waals surface area (Å²) in [6.07, 6.45) is 3.53. The lowest BCUT2D eigenvalue weighted by Gasteiger charge is -2.16. The second kappa shape index (κ2) is 2.73. The standard InChI is InChI=1S/C9H15NO2/c1-10-5-7(9(11)12)6-3-2-4-8(6)10/h6-8H,2-5H2,1H3,(H,11,12). The number of rotatable bonds is 1. The molecule has 0 radical (unpaired) electrons. The molecule has 0 aromatic heterocycles. The van der Waals surface area contributed by atoms with E-state index in [4.69, 9.17) is 5.11 Å². The molecule has 0 aromatic rings. The minimum atomic E-state index is -0.601. The van der Waals surface area contributed by atoms with Crippen molar-refractivity contribution < 1.29 is 9.90 Å². The van der Waals surface area contributed by atoms with Crippen LogP contribution in [0.5, 0.6) is 0 Å². The molecular formula is C9H15NO2. The van der Waals surface area contributed by atoms with E-state index in [1.54, 1.807) is 0 Å². The van der Waals surface area contributed by atoms with Gasteiger partial charge < -0.3 is 10.0 Å². The normalized spacial score (nSPS) is 41.6. The summed E-state index contributed by atoms with van der Waals surface area (Å²) in [5.41, 5.74) is 0. The highest BCUT2D eigenvalue weighted by Crippen LogP contribution is 2.40. The van der Waals surface area contributed by atoms with Gasteiger partial charge in [-0.1, -0.05) is 6.42 Å². The third kappa shape index (κ3) is 1.04.